The molecule has 0 saturated heterocycles. The van der Waals surface area contributed by atoms with Gasteiger partial charge in [-0.1, -0.05) is 6.92 Å². The Balaban J connectivity index is 3.16. The number of hydrogen-bond donors (Lipinski definition) is 1. The highest BCUT2D eigenvalue weighted by atomic mass is 16.1. The Labute approximate surface area is 43.9 Å². The summed E-state index contributed by atoms with van der Waals surface area (Å²) in [6.45, 7) is 1.97. The molecule has 0 saturated carbocycles. The lowest BCUT2D eigenvalue weighted by Crippen LogP contribution is -2.25. The number of rotatable bonds is 3. The Bertz CT molecular complexity index is 50.0. The smallest absolute Gasteiger partial charge is 0.136 e. The predicted octanol–water partition coefficient (Wildman–Crippen LogP) is 0.183. The van der Waals surface area contributed by atoms with Gasteiger partial charge in [-0.3, -0.25) is 0 Å². The van der Waals surface area contributed by atoms with E-state index in [9.17, 15) is 4.79 Å². The Kier molecular flexibility index (Phi) is 3.61. The first-order valence-corrected chi connectivity index (χ1v) is 2.47. The Hall–Kier alpha value is -0.370. The summed E-state index contributed by atoms with van der Waals surface area (Å²) in [6.07, 6.45) is 1.79. The van der Waals surface area contributed by atoms with Crippen LogP contribution in [0.5, 0.6) is 0 Å². The van der Waals surface area contributed by atoms with Crippen molar-refractivity contribution in [3.05, 3.63) is 0 Å². The highest BCUT2D eigenvalue weighted by Gasteiger charge is 1.95. The third-order valence-corrected chi connectivity index (χ3v) is 0.975. The van der Waals surface area contributed by atoms with Gasteiger partial charge < -0.3 is 10.1 Å². The van der Waals surface area contributed by atoms with Gasteiger partial charge in [0.2, 0.25) is 0 Å². The molecular formula is C5H11NO. The molecule has 0 aliphatic rings. The van der Waals surface area contributed by atoms with Crippen LogP contribution in [0.1, 0.15) is 13.3 Å². The molecule has 42 valence electrons. The first-order chi connectivity index (χ1) is 3.35. The zero-order chi connectivity index (χ0) is 5.70. The van der Waals surface area contributed by atoms with E-state index in [4.69, 9.17) is 0 Å². The van der Waals surface area contributed by atoms with Gasteiger partial charge in [-0.25, -0.2) is 0 Å². The van der Waals surface area contributed by atoms with Crippen LogP contribution >= 0.6 is 0 Å². The minimum atomic E-state index is 0.0556. The quantitative estimate of drug-likeness (QED) is 0.514. The molecule has 0 aromatic carbocycles. The number of hydrogen-bond acceptors (Lipinski definition) is 2. The average Bonchev–Trinajstić information content (AvgIpc) is 1.72. The van der Waals surface area contributed by atoms with Gasteiger partial charge in [-0.05, 0) is 13.5 Å². The van der Waals surface area contributed by atoms with Crippen molar-refractivity contribution < 1.29 is 4.79 Å². The molecule has 7 heavy (non-hydrogen) atoms. The molecule has 0 heterocycles. The van der Waals surface area contributed by atoms with Crippen LogP contribution in [0.15, 0.2) is 0 Å². The van der Waals surface area contributed by atoms with Gasteiger partial charge in [0.05, 0.1) is 6.04 Å². The number of carbonyl (C=O) groups is 1. The SMILES string of the molecule is CC[C@@H](C=O)NC. The molecule has 0 unspecified atom stereocenters. The molecule has 0 aromatic heterocycles. The predicted molar refractivity (Wildman–Crippen MR) is 29.2 cm³/mol. The van der Waals surface area contributed by atoms with Gasteiger partial charge in [-0.2, -0.15) is 0 Å². The molecule has 2 nitrogen and oxygen atoms in total. The van der Waals surface area contributed by atoms with Crippen molar-refractivity contribution in [3.8, 4) is 0 Å². The average molecular weight is 101 g/mol. The molecule has 0 bridgehead atoms. The molecule has 0 aliphatic carbocycles. The van der Waals surface area contributed by atoms with Gasteiger partial charge in [0, 0.05) is 0 Å². The third-order valence-electron chi connectivity index (χ3n) is 0.975. The normalized spacial score (nSPS) is 13.4. The van der Waals surface area contributed by atoms with E-state index < -0.39 is 0 Å². The van der Waals surface area contributed by atoms with Gasteiger partial charge in [0.15, 0.2) is 0 Å². The lowest BCUT2D eigenvalue weighted by molar-refractivity contribution is -0.109. The van der Waals surface area contributed by atoms with Crippen molar-refractivity contribution in [2.45, 2.75) is 19.4 Å². The van der Waals surface area contributed by atoms with Crippen molar-refractivity contribution >= 4 is 6.29 Å². The summed E-state index contributed by atoms with van der Waals surface area (Å²) >= 11 is 0. The van der Waals surface area contributed by atoms with E-state index in [1.165, 1.54) is 0 Å². The van der Waals surface area contributed by atoms with Crippen LogP contribution in [-0.4, -0.2) is 19.4 Å². The first-order valence-electron chi connectivity index (χ1n) is 2.47. The zero-order valence-corrected chi connectivity index (χ0v) is 4.77. The van der Waals surface area contributed by atoms with E-state index in [2.05, 4.69) is 5.32 Å². The molecule has 0 spiro atoms. The summed E-state index contributed by atoms with van der Waals surface area (Å²) in [4.78, 5) is 9.90. The Morgan fingerprint density at radius 1 is 1.86 bits per heavy atom. The summed E-state index contributed by atoms with van der Waals surface area (Å²) in [5.41, 5.74) is 0. The lowest BCUT2D eigenvalue weighted by Gasteiger charge is -2.00. The summed E-state index contributed by atoms with van der Waals surface area (Å²) in [7, 11) is 1.78. The zero-order valence-electron chi connectivity index (χ0n) is 4.77. The number of aldehydes is 1. The first kappa shape index (κ1) is 6.63. The fraction of sp³-hybridized carbons (Fsp3) is 0.800. The van der Waals surface area contributed by atoms with E-state index in [-0.39, 0.29) is 6.04 Å². The standard InChI is InChI=1S/C5H11NO/c1-3-5(4-7)6-2/h4-6H,3H2,1-2H3/t5-/m0/s1. The fourth-order valence-electron chi connectivity index (χ4n) is 0.368. The second-order valence-electron chi connectivity index (χ2n) is 1.44. The lowest BCUT2D eigenvalue weighted by atomic mass is 10.3. The van der Waals surface area contributed by atoms with Crippen LogP contribution in [0, 0.1) is 0 Å². The number of likely N-dealkylation sites (N-methyl/N-ethyl adjacent to an activating group) is 1. The summed E-state index contributed by atoms with van der Waals surface area (Å²) < 4.78 is 0. The minimum absolute atomic E-state index is 0.0556. The van der Waals surface area contributed by atoms with E-state index in [0.29, 0.717) is 0 Å². The van der Waals surface area contributed by atoms with Crippen LogP contribution in [-0.2, 0) is 4.79 Å². The van der Waals surface area contributed by atoms with Crippen molar-refractivity contribution in [3.63, 3.8) is 0 Å². The third kappa shape index (κ3) is 2.34. The second kappa shape index (κ2) is 3.81. The van der Waals surface area contributed by atoms with E-state index >= 15 is 0 Å². The summed E-state index contributed by atoms with van der Waals surface area (Å²) in [5, 5.41) is 2.83. The van der Waals surface area contributed by atoms with Crippen LogP contribution < -0.4 is 5.32 Å². The molecule has 0 aliphatic heterocycles. The van der Waals surface area contributed by atoms with Crippen molar-refractivity contribution in [2.75, 3.05) is 7.05 Å². The van der Waals surface area contributed by atoms with E-state index in [1.807, 2.05) is 6.92 Å². The summed E-state index contributed by atoms with van der Waals surface area (Å²) in [5.74, 6) is 0. The van der Waals surface area contributed by atoms with Gasteiger partial charge >= 0.3 is 0 Å². The fourth-order valence-corrected chi connectivity index (χ4v) is 0.368. The topological polar surface area (TPSA) is 29.1 Å². The Morgan fingerprint density at radius 3 is 2.43 bits per heavy atom. The summed E-state index contributed by atoms with van der Waals surface area (Å²) in [6, 6.07) is 0.0556. The van der Waals surface area contributed by atoms with Crippen LogP contribution in [0.25, 0.3) is 0 Å². The second-order valence-corrected chi connectivity index (χ2v) is 1.44. The molecule has 0 rings (SSSR count). The Morgan fingerprint density at radius 2 is 2.43 bits per heavy atom. The van der Waals surface area contributed by atoms with E-state index in [0.717, 1.165) is 12.7 Å². The molecule has 2 heteroatoms. The van der Waals surface area contributed by atoms with Gasteiger partial charge in [-0.15, -0.1) is 0 Å². The maximum absolute atomic E-state index is 9.90. The monoisotopic (exact) mass is 101 g/mol. The van der Waals surface area contributed by atoms with Crippen LogP contribution in [0.4, 0.5) is 0 Å². The highest BCUT2D eigenvalue weighted by molar-refractivity contribution is 5.57. The minimum Gasteiger partial charge on any atom is -0.311 e. The number of carbonyl (C=O) groups excluding carboxylic acids is 1. The molecule has 0 fully saturated rings. The largest absolute Gasteiger partial charge is 0.311 e. The van der Waals surface area contributed by atoms with Crippen molar-refractivity contribution in [1.82, 2.24) is 5.32 Å². The molecule has 1 atom stereocenters. The number of nitrogens with one attached hydrogen (secondary N) is 1. The molecule has 0 aromatic rings. The van der Waals surface area contributed by atoms with Crippen molar-refractivity contribution in [1.29, 1.82) is 0 Å². The molecular weight excluding hydrogens is 90.1 g/mol. The van der Waals surface area contributed by atoms with Gasteiger partial charge in [0.1, 0.15) is 6.29 Å². The maximum Gasteiger partial charge on any atom is 0.136 e. The van der Waals surface area contributed by atoms with Crippen LogP contribution in [0.2, 0.25) is 0 Å². The molecule has 1 N–H and O–H groups in total. The van der Waals surface area contributed by atoms with E-state index in [1.54, 1.807) is 7.05 Å². The maximum atomic E-state index is 9.90. The molecule has 0 amide bonds. The van der Waals surface area contributed by atoms with Gasteiger partial charge in [0.25, 0.3) is 0 Å². The van der Waals surface area contributed by atoms with Crippen molar-refractivity contribution in [2.24, 2.45) is 0 Å². The molecule has 0 radical (unpaired) electrons. The van der Waals surface area contributed by atoms with Crippen LogP contribution in [0.3, 0.4) is 0 Å². The highest BCUT2D eigenvalue weighted by Crippen LogP contribution is 1.80.